The van der Waals surface area contributed by atoms with Crippen LogP contribution in [0.1, 0.15) is 51.5 Å². The topological polar surface area (TPSA) is 64.6 Å². The highest BCUT2D eigenvalue weighted by molar-refractivity contribution is 5.77. The van der Waals surface area contributed by atoms with Gasteiger partial charge in [0.2, 0.25) is 0 Å². The number of rotatable bonds is 5. The van der Waals surface area contributed by atoms with Crippen LogP contribution in [0.2, 0.25) is 0 Å². The Labute approximate surface area is 217 Å². The van der Waals surface area contributed by atoms with Crippen LogP contribution in [0.3, 0.4) is 0 Å². The van der Waals surface area contributed by atoms with Crippen molar-refractivity contribution < 1.29 is 23.5 Å². The zero-order chi connectivity index (χ0) is 25.8. The first-order chi connectivity index (χ1) is 17.8. The molecule has 194 valence electrons. The highest BCUT2D eigenvalue weighted by atomic mass is 19.1. The van der Waals surface area contributed by atoms with E-state index in [4.69, 9.17) is 9.47 Å². The molecule has 5 nitrogen and oxygen atoms in total. The minimum Gasteiger partial charge on any atom is -0.462 e. The van der Waals surface area contributed by atoms with Crippen molar-refractivity contribution in [3.63, 3.8) is 0 Å². The number of carbonyl (C=O) groups is 2. The van der Waals surface area contributed by atoms with Crippen molar-refractivity contribution >= 4 is 18.1 Å². The van der Waals surface area contributed by atoms with E-state index in [9.17, 15) is 14.0 Å². The SMILES string of the molecule is CCOC(=O)N[C@@H]1CC[C@@]23CC2(/C=C/c2ccc(-c4cccc(F)c4)cc2)[C@@H]2[C@@H](C)OC(=O)[C@@H]2C[C@@H]3C1. The lowest BCUT2D eigenvalue weighted by Crippen LogP contribution is -2.48. The fourth-order valence-electron chi connectivity index (χ4n) is 8.07. The van der Waals surface area contributed by atoms with Crippen molar-refractivity contribution in [3.8, 4) is 11.1 Å². The summed E-state index contributed by atoms with van der Waals surface area (Å²) in [5, 5.41) is 3.04. The third kappa shape index (κ3) is 3.96. The second-order valence-corrected chi connectivity index (χ2v) is 11.4. The van der Waals surface area contributed by atoms with Gasteiger partial charge in [-0.3, -0.25) is 4.79 Å². The molecule has 1 aliphatic heterocycles. The highest BCUT2D eigenvalue weighted by Gasteiger charge is 2.78. The first-order valence-corrected chi connectivity index (χ1v) is 13.5. The summed E-state index contributed by atoms with van der Waals surface area (Å²) in [7, 11) is 0. The molecule has 37 heavy (non-hydrogen) atoms. The molecule has 7 atom stereocenters. The number of ether oxygens (including phenoxy) is 2. The van der Waals surface area contributed by atoms with Gasteiger partial charge in [0, 0.05) is 17.4 Å². The summed E-state index contributed by atoms with van der Waals surface area (Å²) in [5.74, 6) is 0.166. The van der Waals surface area contributed by atoms with Crippen molar-refractivity contribution in [3.05, 3.63) is 66.0 Å². The zero-order valence-corrected chi connectivity index (χ0v) is 21.4. The van der Waals surface area contributed by atoms with Gasteiger partial charge in [-0.15, -0.1) is 0 Å². The summed E-state index contributed by atoms with van der Waals surface area (Å²) >= 11 is 0. The molecule has 2 aromatic rings. The van der Waals surface area contributed by atoms with Crippen molar-refractivity contribution in [2.24, 2.45) is 28.6 Å². The number of nitrogens with one attached hydrogen (secondary N) is 1. The third-order valence-electron chi connectivity index (χ3n) is 9.62. The minimum absolute atomic E-state index is 0.0642. The fourth-order valence-corrected chi connectivity index (χ4v) is 8.07. The van der Waals surface area contributed by atoms with Crippen LogP contribution in [0.4, 0.5) is 9.18 Å². The number of esters is 1. The molecule has 1 heterocycles. The average Bonchev–Trinajstić information content (AvgIpc) is 3.46. The van der Waals surface area contributed by atoms with Crippen molar-refractivity contribution in [2.45, 2.75) is 58.1 Å². The second-order valence-electron chi connectivity index (χ2n) is 11.4. The van der Waals surface area contributed by atoms with Gasteiger partial charge in [0.1, 0.15) is 11.9 Å². The normalized spacial score (nSPS) is 35.8. The van der Waals surface area contributed by atoms with Gasteiger partial charge in [0.15, 0.2) is 0 Å². The van der Waals surface area contributed by atoms with Gasteiger partial charge in [-0.05, 0) is 86.1 Å². The van der Waals surface area contributed by atoms with E-state index in [0.717, 1.165) is 48.8 Å². The largest absolute Gasteiger partial charge is 0.462 e. The first kappa shape index (κ1) is 24.2. The lowest BCUT2D eigenvalue weighted by molar-refractivity contribution is -0.144. The van der Waals surface area contributed by atoms with E-state index in [1.54, 1.807) is 12.1 Å². The van der Waals surface area contributed by atoms with Gasteiger partial charge < -0.3 is 14.8 Å². The number of carbonyl (C=O) groups excluding carboxylic acids is 2. The molecule has 4 aliphatic rings. The Morgan fingerprint density at radius 1 is 1.19 bits per heavy atom. The Balaban J connectivity index is 1.26. The van der Waals surface area contributed by atoms with Crippen LogP contribution >= 0.6 is 0 Å². The fraction of sp³-hybridized carbons (Fsp3) is 0.484. The van der Waals surface area contributed by atoms with E-state index in [1.807, 2.05) is 32.0 Å². The monoisotopic (exact) mass is 503 g/mol. The molecule has 1 N–H and O–H groups in total. The van der Waals surface area contributed by atoms with E-state index < -0.39 is 0 Å². The van der Waals surface area contributed by atoms with Gasteiger partial charge in [0.05, 0.1) is 12.5 Å². The lowest BCUT2D eigenvalue weighted by atomic mass is 9.57. The standard InChI is InChI=1S/C31H34FNO4/c1-3-36-29(35)33-25-12-14-30-18-31(30,27-19(2)37-28(34)26(27)17-23(30)16-25)13-11-20-7-9-21(10-8-20)22-5-4-6-24(32)15-22/h4-11,13,15,19,23,25-27H,3,12,14,16-18H2,1-2H3,(H,33,35)/b13-11+/t19-,23+,25-,26-,27-,30+,31?/m1/s1. The van der Waals surface area contributed by atoms with Crippen molar-refractivity contribution in [2.75, 3.05) is 6.61 Å². The summed E-state index contributed by atoms with van der Waals surface area (Å²) < 4.78 is 24.6. The van der Waals surface area contributed by atoms with E-state index >= 15 is 0 Å². The summed E-state index contributed by atoms with van der Waals surface area (Å²) in [4.78, 5) is 24.9. The maximum atomic E-state index is 13.7. The van der Waals surface area contributed by atoms with Crippen LogP contribution in [0.25, 0.3) is 17.2 Å². The number of alkyl carbamates (subject to hydrolysis) is 1. The van der Waals surface area contributed by atoms with Crippen LogP contribution in [0.5, 0.6) is 0 Å². The van der Waals surface area contributed by atoms with Crippen LogP contribution in [-0.2, 0) is 14.3 Å². The molecule has 3 aliphatic carbocycles. The number of amides is 1. The molecule has 6 rings (SSSR count). The first-order valence-electron chi connectivity index (χ1n) is 13.5. The number of allylic oxidation sites excluding steroid dienone is 1. The molecule has 6 heteroatoms. The third-order valence-corrected chi connectivity index (χ3v) is 9.62. The molecule has 1 spiro atoms. The summed E-state index contributed by atoms with van der Waals surface area (Å²) in [5.41, 5.74) is 3.01. The van der Waals surface area contributed by atoms with Gasteiger partial charge in [-0.2, -0.15) is 0 Å². The molecular formula is C31H34FNO4. The second kappa shape index (κ2) is 9.00. The predicted octanol–water partition coefficient (Wildman–Crippen LogP) is 6.38. The minimum atomic E-state index is -0.352. The number of hydrogen-bond donors (Lipinski definition) is 1. The average molecular weight is 504 g/mol. The molecule has 1 unspecified atom stereocenters. The van der Waals surface area contributed by atoms with E-state index in [-0.39, 0.29) is 52.7 Å². The Bertz CT molecular complexity index is 1240. The molecule has 3 saturated carbocycles. The highest BCUT2D eigenvalue weighted by Crippen LogP contribution is 2.82. The Hall–Kier alpha value is -3.15. The predicted molar refractivity (Wildman–Crippen MR) is 139 cm³/mol. The smallest absolute Gasteiger partial charge is 0.407 e. The van der Waals surface area contributed by atoms with Crippen LogP contribution in [0, 0.1) is 34.4 Å². The number of cyclic esters (lactones) is 1. The number of halogens is 1. The zero-order valence-electron chi connectivity index (χ0n) is 21.4. The Morgan fingerprint density at radius 3 is 2.76 bits per heavy atom. The molecule has 0 aromatic heterocycles. The Kier molecular flexibility index (Phi) is 5.89. The molecule has 1 saturated heterocycles. The molecule has 0 radical (unpaired) electrons. The maximum absolute atomic E-state index is 13.7. The van der Waals surface area contributed by atoms with Gasteiger partial charge in [0.25, 0.3) is 0 Å². The van der Waals surface area contributed by atoms with Crippen LogP contribution in [-0.4, -0.2) is 30.8 Å². The number of hydrogen-bond acceptors (Lipinski definition) is 4. The summed E-state index contributed by atoms with van der Waals surface area (Å²) in [6, 6.07) is 14.9. The number of benzene rings is 2. The van der Waals surface area contributed by atoms with E-state index in [2.05, 4.69) is 29.6 Å². The van der Waals surface area contributed by atoms with E-state index in [0.29, 0.717) is 12.5 Å². The van der Waals surface area contributed by atoms with Crippen LogP contribution < -0.4 is 5.32 Å². The van der Waals surface area contributed by atoms with Gasteiger partial charge in [-0.25, -0.2) is 9.18 Å². The summed E-state index contributed by atoms with van der Waals surface area (Å²) in [6.07, 6.45) is 8.86. The Morgan fingerprint density at radius 2 is 2.00 bits per heavy atom. The molecular weight excluding hydrogens is 469 g/mol. The van der Waals surface area contributed by atoms with Crippen LogP contribution in [0.15, 0.2) is 54.6 Å². The van der Waals surface area contributed by atoms with E-state index in [1.165, 1.54) is 6.07 Å². The maximum Gasteiger partial charge on any atom is 0.407 e. The molecule has 0 bridgehead atoms. The number of fused-ring (bicyclic) bond motifs is 2. The summed E-state index contributed by atoms with van der Waals surface area (Å²) in [6.45, 7) is 4.21. The quantitative estimate of drug-likeness (QED) is 0.481. The molecule has 2 aromatic carbocycles. The van der Waals surface area contributed by atoms with Crippen molar-refractivity contribution in [1.82, 2.24) is 5.32 Å². The van der Waals surface area contributed by atoms with Gasteiger partial charge >= 0.3 is 12.1 Å². The molecule has 4 fully saturated rings. The molecule has 1 amide bonds. The lowest BCUT2D eigenvalue weighted by Gasteiger charge is -2.47. The van der Waals surface area contributed by atoms with Gasteiger partial charge in [-0.1, -0.05) is 48.6 Å². The van der Waals surface area contributed by atoms with Crippen molar-refractivity contribution in [1.29, 1.82) is 0 Å².